The molecule has 2 N–H and O–H groups in total. The van der Waals surface area contributed by atoms with Crippen molar-refractivity contribution in [2.45, 2.75) is 58.8 Å². The van der Waals surface area contributed by atoms with Crippen LogP contribution in [0.3, 0.4) is 0 Å². The van der Waals surface area contributed by atoms with E-state index in [0.717, 1.165) is 11.4 Å². The SMILES string of the molecule is CCCCC(CCC)Nc1ccc(Nc2ccccc2)cc1.O=S(=O)=O.O=S(=O)=O.[B]C. The van der Waals surface area contributed by atoms with E-state index in [9.17, 15) is 0 Å². The summed E-state index contributed by atoms with van der Waals surface area (Å²) in [7, 11) is -1.72. The van der Waals surface area contributed by atoms with Crippen molar-refractivity contribution in [1.29, 1.82) is 0 Å². The molecule has 0 heterocycles. The highest BCUT2D eigenvalue weighted by molar-refractivity contribution is 7.59. The molecule has 0 aromatic heterocycles. The monoisotopic (exact) mass is 482 g/mol. The zero-order valence-corrected chi connectivity index (χ0v) is 20.3. The molecule has 1 unspecified atom stereocenters. The van der Waals surface area contributed by atoms with Crippen LogP contribution in [0.5, 0.6) is 0 Å². The van der Waals surface area contributed by atoms with Crippen molar-refractivity contribution in [2.75, 3.05) is 10.6 Å². The van der Waals surface area contributed by atoms with Crippen LogP contribution < -0.4 is 10.6 Å². The fourth-order valence-corrected chi connectivity index (χ4v) is 2.66. The van der Waals surface area contributed by atoms with Gasteiger partial charge >= 0.3 is 21.2 Å². The normalized spacial score (nSPS) is 9.84. The van der Waals surface area contributed by atoms with Gasteiger partial charge in [0.2, 0.25) is 0 Å². The van der Waals surface area contributed by atoms with Crippen molar-refractivity contribution in [1.82, 2.24) is 0 Å². The Hall–Kier alpha value is -2.66. The molecule has 2 rings (SSSR count). The van der Waals surface area contributed by atoms with Gasteiger partial charge in [0.1, 0.15) is 0 Å². The van der Waals surface area contributed by atoms with Crippen LogP contribution in [-0.4, -0.2) is 39.1 Å². The highest BCUT2D eigenvalue weighted by Crippen LogP contribution is 2.20. The van der Waals surface area contributed by atoms with E-state index < -0.39 is 21.2 Å². The molecule has 0 amide bonds. The minimum atomic E-state index is -3.11. The quantitative estimate of drug-likeness (QED) is 0.504. The third-order valence-corrected chi connectivity index (χ3v) is 3.86. The van der Waals surface area contributed by atoms with Crippen molar-refractivity contribution in [3.05, 3.63) is 54.6 Å². The number of hydrogen-bond acceptors (Lipinski definition) is 8. The molecule has 2 radical (unpaired) electrons. The second-order valence-corrected chi connectivity index (χ2v) is 7.07. The number of hydrogen-bond donors (Lipinski definition) is 2. The predicted octanol–water partition coefficient (Wildman–Crippen LogP) is 4.40. The summed E-state index contributed by atoms with van der Waals surface area (Å²) in [5.41, 5.74) is 3.46. The van der Waals surface area contributed by atoms with Gasteiger partial charge in [-0.05, 0) is 49.2 Å². The topological polar surface area (TPSA) is 126 Å². The van der Waals surface area contributed by atoms with Crippen molar-refractivity contribution >= 4 is 46.1 Å². The van der Waals surface area contributed by atoms with Crippen LogP contribution in [0.1, 0.15) is 46.0 Å². The van der Waals surface area contributed by atoms with Gasteiger partial charge < -0.3 is 10.6 Å². The first kappa shape index (κ1) is 31.5. The second kappa shape index (κ2) is 21.6. The molecule has 0 spiro atoms. The molecule has 32 heavy (non-hydrogen) atoms. The second-order valence-electron chi connectivity index (χ2n) is 6.25. The van der Waals surface area contributed by atoms with Crippen molar-refractivity contribution in [3.63, 3.8) is 0 Å². The Kier molecular flexibility index (Phi) is 21.3. The summed E-state index contributed by atoms with van der Waals surface area (Å²) < 4.78 is 50.7. The van der Waals surface area contributed by atoms with Gasteiger partial charge in [-0.2, -0.15) is 0 Å². The van der Waals surface area contributed by atoms with E-state index in [1.54, 1.807) is 0 Å². The van der Waals surface area contributed by atoms with Crippen molar-refractivity contribution < 1.29 is 25.3 Å². The van der Waals surface area contributed by atoms with Gasteiger partial charge in [0.25, 0.3) is 0 Å². The molecular weight excluding hydrogens is 451 g/mol. The number of rotatable bonds is 9. The maximum Gasteiger partial charge on any atom is 0.425 e. The maximum atomic E-state index is 8.44. The lowest BCUT2D eigenvalue weighted by atomic mass is 10.0. The van der Waals surface area contributed by atoms with Crippen LogP contribution >= 0.6 is 0 Å². The summed E-state index contributed by atoms with van der Waals surface area (Å²) >= 11 is 0. The molecule has 176 valence electrons. The maximum absolute atomic E-state index is 8.44. The Morgan fingerprint density at radius 1 is 0.688 bits per heavy atom. The molecule has 0 aliphatic heterocycles. The Balaban J connectivity index is 0. The molecular formula is C21H31BN2O6S2. The Morgan fingerprint density at radius 2 is 1.12 bits per heavy atom. The molecule has 0 saturated carbocycles. The lowest BCUT2D eigenvalue weighted by molar-refractivity contribution is 0.557. The summed E-state index contributed by atoms with van der Waals surface area (Å²) in [5.74, 6) is 0. The zero-order valence-electron chi connectivity index (χ0n) is 18.7. The number of nitrogens with one attached hydrogen (secondary N) is 2. The Morgan fingerprint density at radius 3 is 1.56 bits per heavy atom. The lowest BCUT2D eigenvalue weighted by Gasteiger charge is -2.19. The third-order valence-electron chi connectivity index (χ3n) is 3.86. The molecule has 2 aromatic rings. The predicted molar refractivity (Wildman–Crippen MR) is 129 cm³/mol. The Bertz CT molecular complexity index is 880. The first-order valence-electron chi connectivity index (χ1n) is 10.1. The fraction of sp³-hybridized carbons (Fsp3) is 0.429. The van der Waals surface area contributed by atoms with E-state index in [1.165, 1.54) is 44.6 Å². The lowest BCUT2D eigenvalue weighted by Crippen LogP contribution is -2.19. The summed E-state index contributed by atoms with van der Waals surface area (Å²) in [6.07, 6.45) is 6.29. The van der Waals surface area contributed by atoms with Crippen LogP contribution in [-0.2, 0) is 21.2 Å². The van der Waals surface area contributed by atoms with Crippen LogP contribution in [0.2, 0.25) is 6.82 Å². The van der Waals surface area contributed by atoms with E-state index in [4.69, 9.17) is 25.3 Å². The average Bonchev–Trinajstić information content (AvgIpc) is 2.75. The van der Waals surface area contributed by atoms with E-state index in [-0.39, 0.29) is 0 Å². The zero-order chi connectivity index (χ0) is 24.8. The summed E-state index contributed by atoms with van der Waals surface area (Å²) in [6.45, 7) is 6.01. The summed E-state index contributed by atoms with van der Waals surface area (Å²) in [5, 5.41) is 7.09. The fourth-order valence-electron chi connectivity index (χ4n) is 2.66. The van der Waals surface area contributed by atoms with Crippen molar-refractivity contribution in [3.8, 4) is 0 Å². The highest BCUT2D eigenvalue weighted by Gasteiger charge is 2.06. The largest absolute Gasteiger partial charge is 0.425 e. The standard InChI is InChI=1S/C20H28N2.CH3B.2O3S/c1-3-5-10-17(9-4-2)21-19-13-15-20(16-14-19)22-18-11-7-6-8-12-18;1-2;2*1-4(2)3/h6-8,11-17,21-22H,3-5,9-10H2,1-2H3;1H3;;. The van der Waals surface area contributed by atoms with Gasteiger partial charge in [0.15, 0.2) is 0 Å². The van der Waals surface area contributed by atoms with E-state index in [2.05, 4.69) is 68.7 Å². The Labute approximate surface area is 195 Å². The van der Waals surface area contributed by atoms with E-state index >= 15 is 0 Å². The third kappa shape index (κ3) is 20.6. The summed E-state index contributed by atoms with van der Waals surface area (Å²) in [4.78, 5) is 0. The molecule has 0 saturated heterocycles. The molecule has 0 aliphatic carbocycles. The first-order chi connectivity index (χ1) is 15.3. The van der Waals surface area contributed by atoms with E-state index in [0.29, 0.717) is 6.04 Å². The van der Waals surface area contributed by atoms with Crippen LogP contribution in [0.25, 0.3) is 0 Å². The smallest absolute Gasteiger partial charge is 0.382 e. The molecule has 11 heteroatoms. The van der Waals surface area contributed by atoms with Gasteiger partial charge in [-0.25, -0.2) is 0 Å². The van der Waals surface area contributed by atoms with Gasteiger partial charge in [0.05, 0.1) is 7.85 Å². The molecule has 0 fully saturated rings. The molecule has 0 bridgehead atoms. The van der Waals surface area contributed by atoms with Gasteiger partial charge in [-0.15, -0.1) is 25.3 Å². The average molecular weight is 482 g/mol. The van der Waals surface area contributed by atoms with Crippen molar-refractivity contribution in [2.24, 2.45) is 0 Å². The molecule has 8 nitrogen and oxygen atoms in total. The van der Waals surface area contributed by atoms with Crippen LogP contribution in [0.4, 0.5) is 17.1 Å². The van der Waals surface area contributed by atoms with Gasteiger partial charge in [-0.3, -0.25) is 0 Å². The first-order valence-corrected chi connectivity index (χ1v) is 12.1. The number of unbranched alkanes of at least 4 members (excludes halogenated alkanes) is 1. The minimum Gasteiger partial charge on any atom is -0.382 e. The van der Waals surface area contributed by atoms with E-state index in [1.807, 2.05) is 18.2 Å². The van der Waals surface area contributed by atoms with Gasteiger partial charge in [-0.1, -0.05) is 58.1 Å². The van der Waals surface area contributed by atoms with Gasteiger partial charge in [0, 0.05) is 23.1 Å². The number of benzene rings is 2. The number of anilines is 3. The van der Waals surface area contributed by atoms with Crippen LogP contribution in [0.15, 0.2) is 54.6 Å². The summed E-state index contributed by atoms with van der Waals surface area (Å²) in [6, 6.07) is 19.5. The molecule has 2 aromatic carbocycles. The highest BCUT2D eigenvalue weighted by atomic mass is 32.2. The minimum absolute atomic E-state index is 0.595. The molecule has 0 aliphatic rings. The number of para-hydroxylation sites is 1. The van der Waals surface area contributed by atoms with Crippen LogP contribution in [0, 0.1) is 0 Å². The molecule has 1 atom stereocenters.